The Morgan fingerprint density at radius 3 is 2.45 bits per heavy atom. The number of aromatic nitrogens is 1. The average molecular weight is 421 g/mol. The van der Waals surface area contributed by atoms with Gasteiger partial charge in [-0.1, -0.05) is 47.6 Å². The number of rotatable bonds is 9. The van der Waals surface area contributed by atoms with Gasteiger partial charge in [0.15, 0.2) is 0 Å². The van der Waals surface area contributed by atoms with Crippen LogP contribution in [0.3, 0.4) is 0 Å². The molecular weight excluding hydrogens is 394 g/mol. The van der Waals surface area contributed by atoms with E-state index >= 15 is 0 Å². The molecule has 0 aliphatic heterocycles. The first kappa shape index (κ1) is 22.2. The Kier molecular flexibility index (Phi) is 7.56. The van der Waals surface area contributed by atoms with Gasteiger partial charge in [-0.25, -0.2) is 0 Å². The second-order valence-corrected chi connectivity index (χ2v) is 7.41. The highest BCUT2D eigenvalue weighted by atomic mass is 16.5. The summed E-state index contributed by atoms with van der Waals surface area (Å²) in [6.07, 6.45) is 0.687. The third-order valence-electron chi connectivity index (χ3n) is 4.87. The Labute approximate surface area is 181 Å². The largest absolute Gasteiger partial charge is 0.396 e. The van der Waals surface area contributed by atoms with Crippen LogP contribution in [0, 0.1) is 6.92 Å². The summed E-state index contributed by atoms with van der Waals surface area (Å²) in [5, 5.41) is 18.5. The smallest absolute Gasteiger partial charge is 0.251 e. The van der Waals surface area contributed by atoms with Gasteiger partial charge in [-0.05, 0) is 38.0 Å². The molecule has 1 aromatic heterocycles. The number of amides is 2. The van der Waals surface area contributed by atoms with E-state index < -0.39 is 0 Å². The molecule has 162 valence electrons. The molecule has 3 aromatic rings. The number of aliphatic hydroxyl groups is 1. The number of hydrogen-bond acceptors (Lipinski definition) is 5. The Balaban J connectivity index is 1.66. The fraction of sp³-hybridized carbons (Fsp3) is 0.292. The Bertz CT molecular complexity index is 1010. The molecule has 0 radical (unpaired) electrons. The van der Waals surface area contributed by atoms with Gasteiger partial charge in [0.25, 0.3) is 5.91 Å². The summed E-state index contributed by atoms with van der Waals surface area (Å²) in [4.78, 5) is 24.4. The molecule has 1 heterocycles. The maximum Gasteiger partial charge on any atom is 0.251 e. The van der Waals surface area contributed by atoms with Crippen molar-refractivity contribution in [1.82, 2.24) is 15.8 Å². The first-order valence-electron chi connectivity index (χ1n) is 10.3. The molecule has 2 amide bonds. The molecule has 7 nitrogen and oxygen atoms in total. The standard InChI is InChI=1S/C24H27N3O4/c1-16(15-21(29)25-13-6-14-28)26-24(30)20-11-9-18(10-12-20)22-17(2)31-27-23(22)19-7-4-3-5-8-19/h3-5,7-12,16,28H,6,13-15H2,1-2H3,(H,25,29)(H,26,30)/t16-/m0/s1. The van der Waals surface area contributed by atoms with Crippen LogP contribution in [0.25, 0.3) is 22.4 Å². The molecule has 0 saturated heterocycles. The van der Waals surface area contributed by atoms with Gasteiger partial charge in [-0.2, -0.15) is 0 Å². The maximum atomic E-state index is 12.5. The minimum absolute atomic E-state index is 0.0316. The molecule has 2 aromatic carbocycles. The van der Waals surface area contributed by atoms with Crippen LogP contribution in [0.15, 0.2) is 59.1 Å². The summed E-state index contributed by atoms with van der Waals surface area (Å²) in [6, 6.07) is 16.7. The zero-order chi connectivity index (χ0) is 22.2. The third kappa shape index (κ3) is 5.79. The number of carbonyl (C=O) groups is 2. The normalized spacial score (nSPS) is 11.7. The topological polar surface area (TPSA) is 104 Å². The molecule has 0 spiro atoms. The van der Waals surface area contributed by atoms with Crippen molar-refractivity contribution in [3.63, 3.8) is 0 Å². The summed E-state index contributed by atoms with van der Waals surface area (Å²) in [7, 11) is 0. The van der Waals surface area contributed by atoms with Crippen molar-refractivity contribution in [2.75, 3.05) is 13.2 Å². The second-order valence-electron chi connectivity index (χ2n) is 7.41. The highest BCUT2D eigenvalue weighted by Crippen LogP contribution is 2.34. The van der Waals surface area contributed by atoms with Gasteiger partial charge in [0.2, 0.25) is 5.91 Å². The molecule has 3 N–H and O–H groups in total. The van der Waals surface area contributed by atoms with Gasteiger partial charge in [-0.3, -0.25) is 9.59 Å². The Hall–Kier alpha value is -3.45. The van der Waals surface area contributed by atoms with Gasteiger partial charge in [0.05, 0.1) is 5.56 Å². The molecule has 0 unspecified atom stereocenters. The molecule has 0 fully saturated rings. The van der Waals surface area contributed by atoms with Crippen LogP contribution in [-0.4, -0.2) is 41.3 Å². The lowest BCUT2D eigenvalue weighted by atomic mass is 9.98. The number of nitrogens with zero attached hydrogens (tertiary/aromatic N) is 1. The number of carbonyl (C=O) groups excluding carboxylic acids is 2. The molecule has 31 heavy (non-hydrogen) atoms. The van der Waals surface area contributed by atoms with Gasteiger partial charge in [0.1, 0.15) is 11.5 Å². The fourth-order valence-electron chi connectivity index (χ4n) is 3.31. The van der Waals surface area contributed by atoms with Crippen LogP contribution >= 0.6 is 0 Å². The summed E-state index contributed by atoms with van der Waals surface area (Å²) < 4.78 is 5.43. The van der Waals surface area contributed by atoms with Crippen LogP contribution < -0.4 is 10.6 Å². The summed E-state index contributed by atoms with van der Waals surface area (Å²) in [6.45, 7) is 4.10. The average Bonchev–Trinajstić information content (AvgIpc) is 3.16. The lowest BCUT2D eigenvalue weighted by Gasteiger charge is -2.14. The summed E-state index contributed by atoms with van der Waals surface area (Å²) in [5.41, 5.74) is 4.03. The summed E-state index contributed by atoms with van der Waals surface area (Å²) in [5.74, 6) is 0.303. The van der Waals surface area contributed by atoms with Gasteiger partial charge in [-0.15, -0.1) is 0 Å². The van der Waals surface area contributed by atoms with Gasteiger partial charge in [0, 0.05) is 36.7 Å². The lowest BCUT2D eigenvalue weighted by molar-refractivity contribution is -0.121. The highest BCUT2D eigenvalue weighted by molar-refractivity contribution is 5.95. The van der Waals surface area contributed by atoms with Crippen molar-refractivity contribution >= 4 is 11.8 Å². The number of aliphatic hydroxyl groups excluding tert-OH is 1. The SMILES string of the molecule is Cc1onc(-c2ccccc2)c1-c1ccc(C(=O)N[C@@H](C)CC(=O)NCCCO)cc1. The van der Waals surface area contributed by atoms with Crippen molar-refractivity contribution in [3.05, 3.63) is 65.9 Å². The second kappa shape index (κ2) is 10.5. The first-order chi connectivity index (χ1) is 15.0. The number of hydrogen-bond donors (Lipinski definition) is 3. The monoisotopic (exact) mass is 421 g/mol. The fourth-order valence-corrected chi connectivity index (χ4v) is 3.31. The lowest BCUT2D eigenvalue weighted by Crippen LogP contribution is -2.37. The van der Waals surface area contributed by atoms with E-state index in [-0.39, 0.29) is 30.9 Å². The zero-order valence-corrected chi connectivity index (χ0v) is 17.7. The van der Waals surface area contributed by atoms with Gasteiger partial charge >= 0.3 is 0 Å². The van der Waals surface area contributed by atoms with E-state index in [1.54, 1.807) is 19.1 Å². The van der Waals surface area contributed by atoms with E-state index in [0.29, 0.717) is 24.3 Å². The molecule has 0 aliphatic rings. The van der Waals surface area contributed by atoms with E-state index in [2.05, 4.69) is 15.8 Å². The van der Waals surface area contributed by atoms with Crippen LogP contribution in [0.4, 0.5) is 0 Å². The molecule has 0 bridgehead atoms. The minimum atomic E-state index is -0.314. The Morgan fingerprint density at radius 2 is 1.77 bits per heavy atom. The van der Waals surface area contributed by atoms with E-state index in [1.165, 1.54) is 0 Å². The Morgan fingerprint density at radius 1 is 1.06 bits per heavy atom. The van der Waals surface area contributed by atoms with E-state index in [0.717, 1.165) is 22.4 Å². The van der Waals surface area contributed by atoms with Crippen molar-refractivity contribution in [2.24, 2.45) is 0 Å². The molecule has 0 saturated carbocycles. The van der Waals surface area contributed by atoms with Crippen LogP contribution in [-0.2, 0) is 4.79 Å². The van der Waals surface area contributed by atoms with Crippen LogP contribution in [0.5, 0.6) is 0 Å². The zero-order valence-electron chi connectivity index (χ0n) is 17.7. The molecular formula is C24H27N3O4. The predicted octanol–water partition coefficient (Wildman–Crippen LogP) is 3.32. The van der Waals surface area contributed by atoms with Crippen LogP contribution in [0.2, 0.25) is 0 Å². The first-order valence-corrected chi connectivity index (χ1v) is 10.3. The van der Waals surface area contributed by atoms with E-state index in [4.69, 9.17) is 9.63 Å². The van der Waals surface area contributed by atoms with Crippen LogP contribution in [0.1, 0.15) is 35.9 Å². The predicted molar refractivity (Wildman–Crippen MR) is 118 cm³/mol. The number of benzene rings is 2. The van der Waals surface area contributed by atoms with E-state index in [1.807, 2.05) is 49.4 Å². The minimum Gasteiger partial charge on any atom is -0.396 e. The molecule has 1 atom stereocenters. The van der Waals surface area contributed by atoms with Crippen molar-refractivity contribution in [1.29, 1.82) is 0 Å². The van der Waals surface area contributed by atoms with E-state index in [9.17, 15) is 9.59 Å². The summed E-state index contributed by atoms with van der Waals surface area (Å²) >= 11 is 0. The third-order valence-corrected chi connectivity index (χ3v) is 4.87. The van der Waals surface area contributed by atoms with Crippen molar-refractivity contribution < 1.29 is 19.2 Å². The van der Waals surface area contributed by atoms with Gasteiger partial charge < -0.3 is 20.3 Å². The molecule has 0 aliphatic carbocycles. The number of aryl methyl sites for hydroxylation is 1. The molecule has 3 rings (SSSR count). The molecule has 7 heteroatoms. The highest BCUT2D eigenvalue weighted by Gasteiger charge is 2.18. The number of nitrogens with one attached hydrogen (secondary N) is 2. The van der Waals surface area contributed by atoms with Crippen molar-refractivity contribution in [2.45, 2.75) is 32.7 Å². The maximum absolute atomic E-state index is 12.5. The quantitative estimate of drug-likeness (QED) is 0.460. The van der Waals surface area contributed by atoms with Crippen molar-refractivity contribution in [3.8, 4) is 22.4 Å².